The fraction of sp³-hybridized carbons (Fsp3) is 0.455. The van der Waals surface area contributed by atoms with E-state index in [1.54, 1.807) is 6.07 Å². The molecule has 0 radical (unpaired) electrons. The van der Waals surface area contributed by atoms with Gasteiger partial charge in [0.2, 0.25) is 6.41 Å². The fourth-order valence-electron chi connectivity index (χ4n) is 1.05. The minimum atomic E-state index is -1.02. The molecule has 0 saturated carbocycles. The van der Waals surface area contributed by atoms with Crippen LogP contribution in [0.3, 0.4) is 0 Å². The Morgan fingerprint density at radius 1 is 1.21 bits per heavy atom. The Bertz CT molecular complexity index is 387. The first-order valence-electron chi connectivity index (χ1n) is 5.62. The van der Waals surface area contributed by atoms with Crippen molar-refractivity contribution < 1.29 is 19.5 Å². The Morgan fingerprint density at radius 3 is 2.47 bits per heavy atom. The third-order valence-corrected chi connectivity index (χ3v) is 1.96. The molecule has 0 aromatic carbocycles. The summed E-state index contributed by atoms with van der Waals surface area (Å²) in [6.07, 6.45) is 2.30. The van der Waals surface area contributed by atoms with Crippen LogP contribution >= 0.6 is 0 Å². The predicted molar refractivity (Wildman–Crippen MR) is 65.6 cm³/mol. The van der Waals surface area contributed by atoms with Crippen LogP contribution in [0.1, 0.15) is 12.8 Å². The highest BCUT2D eigenvalue weighted by Gasteiger charge is 2.08. The summed E-state index contributed by atoms with van der Waals surface area (Å²) in [5.41, 5.74) is -0.131. The van der Waals surface area contributed by atoms with Crippen molar-refractivity contribution in [1.29, 1.82) is 5.26 Å². The summed E-state index contributed by atoms with van der Waals surface area (Å²) < 4.78 is 0. The molecule has 0 aliphatic heterocycles. The second-order valence-electron chi connectivity index (χ2n) is 3.45. The number of amides is 2. The molecule has 2 amide bonds. The van der Waals surface area contributed by atoms with Crippen molar-refractivity contribution in [1.82, 2.24) is 16.0 Å². The van der Waals surface area contributed by atoms with Crippen LogP contribution in [0, 0.1) is 11.3 Å². The van der Waals surface area contributed by atoms with Crippen LogP contribution in [0.4, 0.5) is 0 Å². The topological polar surface area (TPSA) is 131 Å². The Kier molecular flexibility index (Phi) is 9.16. The van der Waals surface area contributed by atoms with Crippen molar-refractivity contribution >= 4 is 18.3 Å². The summed E-state index contributed by atoms with van der Waals surface area (Å²) in [6, 6.07) is 1.71. The molecule has 19 heavy (non-hydrogen) atoms. The van der Waals surface area contributed by atoms with E-state index in [0.29, 0.717) is 25.9 Å². The molecule has 0 fully saturated rings. The van der Waals surface area contributed by atoms with Gasteiger partial charge in [0.25, 0.3) is 5.91 Å². The van der Waals surface area contributed by atoms with Crippen molar-refractivity contribution in [2.75, 3.05) is 19.6 Å². The molecule has 0 aliphatic carbocycles. The third-order valence-electron chi connectivity index (χ3n) is 1.96. The standard InChI is InChI=1S/C11H16N4O4/c12-6-9(7-13-3-1-4-14-8-16)11(19)15-5-2-10(17)18/h7-8,13H,1-5H2,(H,14,16)(H,15,19)(H,17,18)/b9-7-. The maximum atomic E-state index is 11.4. The van der Waals surface area contributed by atoms with Gasteiger partial charge in [-0.1, -0.05) is 0 Å². The van der Waals surface area contributed by atoms with Gasteiger partial charge in [-0.2, -0.15) is 5.26 Å². The molecule has 0 rings (SSSR count). The molecule has 0 aromatic rings. The number of rotatable bonds is 10. The zero-order chi connectivity index (χ0) is 14.5. The average molecular weight is 268 g/mol. The normalized spacial score (nSPS) is 10.2. The fourth-order valence-corrected chi connectivity index (χ4v) is 1.05. The lowest BCUT2D eigenvalue weighted by atomic mass is 10.3. The van der Waals surface area contributed by atoms with Crippen molar-refractivity contribution in [2.24, 2.45) is 0 Å². The van der Waals surface area contributed by atoms with Crippen molar-refractivity contribution in [3.63, 3.8) is 0 Å². The molecule has 0 bridgehead atoms. The molecule has 0 saturated heterocycles. The van der Waals surface area contributed by atoms with Gasteiger partial charge in [-0.05, 0) is 6.42 Å². The number of carboxylic acid groups (broad SMARTS) is 1. The van der Waals surface area contributed by atoms with Gasteiger partial charge in [0.1, 0.15) is 11.6 Å². The minimum Gasteiger partial charge on any atom is -0.481 e. The lowest BCUT2D eigenvalue weighted by Gasteiger charge is -2.03. The van der Waals surface area contributed by atoms with Crippen LogP contribution in [0.2, 0.25) is 0 Å². The van der Waals surface area contributed by atoms with Crippen LogP contribution in [0.15, 0.2) is 11.8 Å². The smallest absolute Gasteiger partial charge is 0.305 e. The van der Waals surface area contributed by atoms with Gasteiger partial charge in [0, 0.05) is 25.8 Å². The number of hydrogen-bond acceptors (Lipinski definition) is 5. The van der Waals surface area contributed by atoms with E-state index in [2.05, 4.69) is 16.0 Å². The lowest BCUT2D eigenvalue weighted by molar-refractivity contribution is -0.136. The number of nitrogens with zero attached hydrogens (tertiary/aromatic N) is 1. The number of nitrogens with one attached hydrogen (secondary N) is 3. The average Bonchev–Trinajstić information content (AvgIpc) is 2.37. The molecule has 0 aromatic heterocycles. The van der Waals surface area contributed by atoms with Crippen LogP contribution in [0.25, 0.3) is 0 Å². The monoisotopic (exact) mass is 268 g/mol. The van der Waals surface area contributed by atoms with E-state index in [4.69, 9.17) is 10.4 Å². The van der Waals surface area contributed by atoms with Gasteiger partial charge in [-0.3, -0.25) is 14.4 Å². The number of carbonyl (C=O) groups is 3. The maximum Gasteiger partial charge on any atom is 0.305 e. The Labute approximate surface area is 110 Å². The Morgan fingerprint density at radius 2 is 1.89 bits per heavy atom. The van der Waals surface area contributed by atoms with Gasteiger partial charge in [-0.15, -0.1) is 0 Å². The van der Waals surface area contributed by atoms with Crippen LogP contribution in [-0.2, 0) is 14.4 Å². The summed E-state index contributed by atoms with van der Waals surface area (Å²) >= 11 is 0. The van der Waals surface area contributed by atoms with Gasteiger partial charge < -0.3 is 21.1 Å². The van der Waals surface area contributed by atoms with Gasteiger partial charge in [0.05, 0.1) is 6.42 Å². The molecule has 8 nitrogen and oxygen atoms in total. The molecule has 0 heterocycles. The van der Waals surface area contributed by atoms with E-state index in [1.165, 1.54) is 6.20 Å². The maximum absolute atomic E-state index is 11.4. The summed E-state index contributed by atoms with van der Waals surface area (Å²) in [6.45, 7) is 0.960. The summed E-state index contributed by atoms with van der Waals surface area (Å²) in [7, 11) is 0. The number of nitriles is 1. The lowest BCUT2D eigenvalue weighted by Crippen LogP contribution is -2.28. The van der Waals surface area contributed by atoms with Gasteiger partial charge in [-0.25, -0.2) is 0 Å². The molecular weight excluding hydrogens is 252 g/mol. The van der Waals surface area contributed by atoms with Crippen molar-refractivity contribution in [2.45, 2.75) is 12.8 Å². The SMILES string of the molecule is N#C/C(=C/NCCCNC=O)C(=O)NCCC(=O)O. The highest BCUT2D eigenvalue weighted by molar-refractivity contribution is 5.97. The number of carboxylic acids is 1. The molecule has 8 heteroatoms. The van der Waals surface area contributed by atoms with E-state index in [9.17, 15) is 14.4 Å². The number of carbonyl (C=O) groups excluding carboxylic acids is 2. The number of hydrogen-bond donors (Lipinski definition) is 4. The Hall–Kier alpha value is -2.56. The van der Waals surface area contributed by atoms with Gasteiger partial charge >= 0.3 is 5.97 Å². The van der Waals surface area contributed by atoms with E-state index < -0.39 is 11.9 Å². The van der Waals surface area contributed by atoms with E-state index in [1.807, 2.05) is 0 Å². The quantitative estimate of drug-likeness (QED) is 0.169. The molecular formula is C11H16N4O4. The highest BCUT2D eigenvalue weighted by atomic mass is 16.4. The summed E-state index contributed by atoms with van der Waals surface area (Å²) in [4.78, 5) is 31.6. The molecule has 4 N–H and O–H groups in total. The van der Waals surface area contributed by atoms with Crippen LogP contribution in [-0.4, -0.2) is 43.0 Å². The molecule has 104 valence electrons. The first-order chi connectivity index (χ1) is 9.11. The third kappa shape index (κ3) is 9.17. The first-order valence-corrected chi connectivity index (χ1v) is 5.62. The first kappa shape index (κ1) is 16.4. The number of aliphatic carboxylic acids is 1. The largest absolute Gasteiger partial charge is 0.481 e. The van der Waals surface area contributed by atoms with E-state index in [0.717, 1.165) is 0 Å². The zero-order valence-electron chi connectivity index (χ0n) is 10.3. The van der Waals surface area contributed by atoms with Gasteiger partial charge in [0.15, 0.2) is 0 Å². The van der Waals surface area contributed by atoms with E-state index >= 15 is 0 Å². The van der Waals surface area contributed by atoms with Crippen molar-refractivity contribution in [3.8, 4) is 6.07 Å². The highest BCUT2D eigenvalue weighted by Crippen LogP contribution is 1.91. The molecule has 0 unspecified atom stereocenters. The molecule has 0 aliphatic rings. The second-order valence-corrected chi connectivity index (χ2v) is 3.45. The zero-order valence-corrected chi connectivity index (χ0v) is 10.3. The summed E-state index contributed by atoms with van der Waals surface area (Å²) in [5.74, 6) is -1.65. The van der Waals surface area contributed by atoms with Crippen molar-refractivity contribution in [3.05, 3.63) is 11.8 Å². The molecule has 0 spiro atoms. The Balaban J connectivity index is 3.96. The molecule has 0 atom stereocenters. The van der Waals surface area contributed by atoms with Crippen LogP contribution < -0.4 is 16.0 Å². The summed E-state index contributed by atoms with van der Waals surface area (Å²) in [5, 5.41) is 24.7. The van der Waals surface area contributed by atoms with Crippen LogP contribution in [0.5, 0.6) is 0 Å². The second kappa shape index (κ2) is 10.6. The minimum absolute atomic E-state index is 0.0313. The predicted octanol–water partition coefficient (Wildman–Crippen LogP) is -1.29. The van der Waals surface area contributed by atoms with E-state index in [-0.39, 0.29) is 18.5 Å².